The van der Waals surface area contributed by atoms with Crippen LogP contribution >= 0.6 is 11.8 Å². The van der Waals surface area contributed by atoms with Crippen LogP contribution in [0.5, 0.6) is 5.88 Å². The van der Waals surface area contributed by atoms with Crippen LogP contribution in [0.1, 0.15) is 5.76 Å². The molecular formula is C13H14N2O3S. The van der Waals surface area contributed by atoms with Gasteiger partial charge in [0.05, 0.1) is 0 Å². The Morgan fingerprint density at radius 2 is 2.16 bits per heavy atom. The van der Waals surface area contributed by atoms with Gasteiger partial charge in [-0.15, -0.1) is 11.8 Å². The minimum atomic E-state index is -0.238. The summed E-state index contributed by atoms with van der Waals surface area (Å²) in [6.45, 7) is 1.66. The number of anilines is 1. The van der Waals surface area contributed by atoms with Gasteiger partial charge in [-0.1, -0.05) is 0 Å². The quantitative estimate of drug-likeness (QED) is 0.852. The molecule has 2 aromatic rings. The minimum Gasteiger partial charge on any atom is -0.465 e. The Balaban J connectivity index is 1.83. The standard InChI is InChI=1S/C13H14N2O3S/c1-9-7-13(15-18-9)17-8-12(16)14-10-3-5-11(19-2)6-4-10/h3-7H,8H2,1-2H3,(H,14,16). The Morgan fingerprint density at radius 1 is 1.42 bits per heavy atom. The molecule has 6 heteroatoms. The average Bonchev–Trinajstić information content (AvgIpc) is 2.83. The SMILES string of the molecule is CSc1ccc(NC(=O)COc2cc(C)on2)cc1. The molecule has 0 saturated heterocycles. The molecule has 2 rings (SSSR count). The van der Waals surface area contributed by atoms with Gasteiger partial charge >= 0.3 is 0 Å². The number of hydrogen-bond acceptors (Lipinski definition) is 5. The van der Waals surface area contributed by atoms with Crippen molar-refractivity contribution in [3.8, 4) is 5.88 Å². The number of benzene rings is 1. The fraction of sp³-hybridized carbons (Fsp3) is 0.231. The van der Waals surface area contributed by atoms with Crippen molar-refractivity contribution in [2.24, 2.45) is 0 Å². The molecule has 0 spiro atoms. The average molecular weight is 278 g/mol. The van der Waals surface area contributed by atoms with Gasteiger partial charge in [0.2, 0.25) is 0 Å². The fourth-order valence-corrected chi connectivity index (χ4v) is 1.83. The summed E-state index contributed by atoms with van der Waals surface area (Å²) >= 11 is 1.65. The van der Waals surface area contributed by atoms with Crippen LogP contribution in [0.25, 0.3) is 0 Å². The normalized spacial score (nSPS) is 10.2. The van der Waals surface area contributed by atoms with E-state index in [0.717, 1.165) is 10.6 Å². The molecule has 0 atom stereocenters. The number of amides is 1. The molecule has 0 aliphatic heterocycles. The van der Waals surface area contributed by atoms with Crippen molar-refractivity contribution in [2.75, 3.05) is 18.2 Å². The summed E-state index contributed by atoms with van der Waals surface area (Å²) in [5.74, 6) is 0.714. The fourth-order valence-electron chi connectivity index (χ4n) is 1.42. The number of carbonyl (C=O) groups excluding carboxylic acids is 1. The monoisotopic (exact) mass is 278 g/mol. The van der Waals surface area contributed by atoms with Crippen LogP contribution in [0.2, 0.25) is 0 Å². The molecule has 0 fully saturated rings. The maximum Gasteiger partial charge on any atom is 0.262 e. The van der Waals surface area contributed by atoms with Crippen LogP contribution < -0.4 is 10.1 Å². The first kappa shape index (κ1) is 13.5. The second-order valence-corrected chi connectivity index (χ2v) is 4.72. The molecular weight excluding hydrogens is 264 g/mol. The first-order valence-corrected chi connectivity index (χ1v) is 6.90. The number of nitrogens with zero attached hydrogens (tertiary/aromatic N) is 1. The molecule has 0 radical (unpaired) electrons. The number of hydrogen-bond donors (Lipinski definition) is 1. The first-order valence-electron chi connectivity index (χ1n) is 5.67. The lowest BCUT2D eigenvalue weighted by Crippen LogP contribution is -2.20. The van der Waals surface area contributed by atoms with E-state index in [1.807, 2.05) is 30.5 Å². The highest BCUT2D eigenvalue weighted by molar-refractivity contribution is 7.98. The van der Waals surface area contributed by atoms with Crippen LogP contribution in [-0.4, -0.2) is 23.9 Å². The second-order valence-electron chi connectivity index (χ2n) is 3.84. The zero-order valence-electron chi connectivity index (χ0n) is 10.7. The Labute approximate surface area is 115 Å². The molecule has 1 aromatic carbocycles. The third-order valence-corrected chi connectivity index (χ3v) is 3.07. The summed E-state index contributed by atoms with van der Waals surface area (Å²) in [6, 6.07) is 9.22. The van der Waals surface area contributed by atoms with Gasteiger partial charge in [-0.25, -0.2) is 0 Å². The van der Waals surface area contributed by atoms with E-state index in [0.29, 0.717) is 11.6 Å². The molecule has 0 aliphatic carbocycles. The predicted molar refractivity (Wildman–Crippen MR) is 73.6 cm³/mol. The molecule has 0 saturated carbocycles. The molecule has 5 nitrogen and oxygen atoms in total. The number of aromatic nitrogens is 1. The molecule has 1 heterocycles. The van der Waals surface area contributed by atoms with Crippen LogP contribution in [0.3, 0.4) is 0 Å². The van der Waals surface area contributed by atoms with E-state index in [2.05, 4.69) is 10.5 Å². The Kier molecular flexibility index (Phi) is 4.46. The lowest BCUT2D eigenvalue weighted by atomic mass is 10.3. The van der Waals surface area contributed by atoms with E-state index in [-0.39, 0.29) is 12.5 Å². The highest BCUT2D eigenvalue weighted by atomic mass is 32.2. The molecule has 0 unspecified atom stereocenters. The van der Waals surface area contributed by atoms with Crippen molar-refractivity contribution in [2.45, 2.75) is 11.8 Å². The lowest BCUT2D eigenvalue weighted by molar-refractivity contribution is -0.118. The maximum atomic E-state index is 11.6. The van der Waals surface area contributed by atoms with Gasteiger partial charge in [-0.05, 0) is 42.6 Å². The summed E-state index contributed by atoms with van der Waals surface area (Å²) in [5.41, 5.74) is 0.739. The zero-order valence-corrected chi connectivity index (χ0v) is 11.5. The van der Waals surface area contributed by atoms with Crippen molar-refractivity contribution < 1.29 is 14.1 Å². The van der Waals surface area contributed by atoms with Gasteiger partial charge < -0.3 is 14.6 Å². The minimum absolute atomic E-state index is 0.101. The molecule has 100 valence electrons. The van der Waals surface area contributed by atoms with E-state index in [9.17, 15) is 4.79 Å². The zero-order chi connectivity index (χ0) is 13.7. The van der Waals surface area contributed by atoms with Crippen molar-refractivity contribution in [1.82, 2.24) is 5.16 Å². The molecule has 1 aromatic heterocycles. The summed E-state index contributed by atoms with van der Waals surface area (Å²) in [6.07, 6.45) is 2.00. The largest absolute Gasteiger partial charge is 0.465 e. The van der Waals surface area contributed by atoms with Gasteiger partial charge in [0.1, 0.15) is 5.76 Å². The predicted octanol–water partition coefficient (Wildman–Crippen LogP) is 2.72. The van der Waals surface area contributed by atoms with Crippen molar-refractivity contribution in [1.29, 1.82) is 0 Å². The Morgan fingerprint density at radius 3 is 2.74 bits per heavy atom. The third kappa shape index (κ3) is 4.03. The van der Waals surface area contributed by atoms with Gasteiger partial charge in [0.25, 0.3) is 11.8 Å². The van der Waals surface area contributed by atoms with Crippen LogP contribution in [-0.2, 0) is 4.79 Å². The Bertz CT molecular complexity index is 551. The van der Waals surface area contributed by atoms with Crippen molar-refractivity contribution in [3.05, 3.63) is 36.1 Å². The summed E-state index contributed by atoms with van der Waals surface area (Å²) in [5, 5.41) is 6.38. The lowest BCUT2D eigenvalue weighted by Gasteiger charge is -2.05. The summed E-state index contributed by atoms with van der Waals surface area (Å²) < 4.78 is 10.0. The molecule has 1 amide bonds. The number of rotatable bonds is 5. The second kappa shape index (κ2) is 6.29. The molecule has 19 heavy (non-hydrogen) atoms. The van der Waals surface area contributed by atoms with E-state index in [4.69, 9.17) is 9.26 Å². The van der Waals surface area contributed by atoms with Gasteiger partial charge in [-0.2, -0.15) is 0 Å². The summed E-state index contributed by atoms with van der Waals surface area (Å²) in [7, 11) is 0. The van der Waals surface area contributed by atoms with Gasteiger partial charge in [-0.3, -0.25) is 4.79 Å². The van der Waals surface area contributed by atoms with E-state index in [1.165, 1.54) is 0 Å². The highest BCUT2D eigenvalue weighted by Crippen LogP contribution is 2.17. The summed E-state index contributed by atoms with van der Waals surface area (Å²) in [4.78, 5) is 12.8. The first-order chi connectivity index (χ1) is 9.17. The molecule has 0 bridgehead atoms. The molecule has 1 N–H and O–H groups in total. The Hall–Kier alpha value is -1.95. The van der Waals surface area contributed by atoms with Crippen molar-refractivity contribution >= 4 is 23.4 Å². The number of carbonyl (C=O) groups is 1. The third-order valence-electron chi connectivity index (χ3n) is 2.33. The van der Waals surface area contributed by atoms with Crippen LogP contribution in [0, 0.1) is 6.92 Å². The number of aryl methyl sites for hydroxylation is 1. The highest BCUT2D eigenvalue weighted by Gasteiger charge is 2.06. The van der Waals surface area contributed by atoms with E-state index < -0.39 is 0 Å². The van der Waals surface area contributed by atoms with Gasteiger partial charge in [0, 0.05) is 16.6 Å². The molecule has 0 aliphatic rings. The number of nitrogens with one attached hydrogen (secondary N) is 1. The van der Waals surface area contributed by atoms with Crippen LogP contribution in [0.4, 0.5) is 5.69 Å². The topological polar surface area (TPSA) is 64.4 Å². The van der Waals surface area contributed by atoms with E-state index in [1.54, 1.807) is 24.8 Å². The number of thioether (sulfide) groups is 1. The van der Waals surface area contributed by atoms with E-state index >= 15 is 0 Å². The maximum absolute atomic E-state index is 11.6. The van der Waals surface area contributed by atoms with Crippen LogP contribution in [0.15, 0.2) is 39.8 Å². The number of ether oxygens (including phenoxy) is 1. The van der Waals surface area contributed by atoms with Crippen molar-refractivity contribution in [3.63, 3.8) is 0 Å². The smallest absolute Gasteiger partial charge is 0.262 e. The van der Waals surface area contributed by atoms with Gasteiger partial charge in [0.15, 0.2) is 6.61 Å².